The SMILES string of the molecule is C=C(CNC(=O)Nc1cc(F)c(Oc2ccnc3[nH]cc(C(F)(F)F)c23)c(F)c1)N1CCOCC1. The van der Waals surface area contributed by atoms with Crippen molar-refractivity contribution >= 4 is 22.8 Å². The highest BCUT2D eigenvalue weighted by atomic mass is 19.4. The first-order valence-corrected chi connectivity index (χ1v) is 10.4. The van der Waals surface area contributed by atoms with Crippen LogP contribution in [0.4, 0.5) is 32.4 Å². The van der Waals surface area contributed by atoms with Crippen molar-refractivity contribution < 1.29 is 36.2 Å². The van der Waals surface area contributed by atoms with Crippen LogP contribution in [0.3, 0.4) is 0 Å². The lowest BCUT2D eigenvalue weighted by Crippen LogP contribution is -2.40. The van der Waals surface area contributed by atoms with Crippen molar-refractivity contribution in [2.45, 2.75) is 6.18 Å². The molecule has 0 bridgehead atoms. The first-order valence-electron chi connectivity index (χ1n) is 10.4. The van der Waals surface area contributed by atoms with Crippen LogP contribution >= 0.6 is 0 Å². The molecule has 13 heteroatoms. The first-order chi connectivity index (χ1) is 16.6. The number of rotatable bonds is 6. The minimum Gasteiger partial charge on any atom is -0.450 e. The van der Waals surface area contributed by atoms with Crippen LogP contribution in [0.5, 0.6) is 11.5 Å². The number of H-pyrrole nitrogens is 1. The molecule has 2 aromatic heterocycles. The molecule has 0 aliphatic carbocycles. The minimum atomic E-state index is -4.75. The number of morpholine rings is 1. The number of nitrogens with one attached hydrogen (secondary N) is 3. The largest absolute Gasteiger partial charge is 0.450 e. The summed E-state index contributed by atoms with van der Waals surface area (Å²) in [5.74, 6) is -3.83. The highest BCUT2D eigenvalue weighted by Gasteiger charge is 2.35. The molecule has 0 spiro atoms. The lowest BCUT2D eigenvalue weighted by Gasteiger charge is -2.30. The maximum Gasteiger partial charge on any atom is 0.418 e. The van der Waals surface area contributed by atoms with Crippen LogP contribution in [0.1, 0.15) is 5.56 Å². The van der Waals surface area contributed by atoms with E-state index in [1.165, 1.54) is 0 Å². The summed E-state index contributed by atoms with van der Waals surface area (Å²) in [6, 6.07) is 1.90. The van der Waals surface area contributed by atoms with E-state index in [4.69, 9.17) is 9.47 Å². The predicted molar refractivity (Wildman–Crippen MR) is 116 cm³/mol. The number of pyridine rings is 1. The Morgan fingerprint density at radius 2 is 1.91 bits per heavy atom. The average molecular weight is 497 g/mol. The van der Waals surface area contributed by atoms with Crippen molar-refractivity contribution in [2.24, 2.45) is 0 Å². The topological polar surface area (TPSA) is 91.5 Å². The minimum absolute atomic E-state index is 0.105. The zero-order valence-corrected chi connectivity index (χ0v) is 18.1. The van der Waals surface area contributed by atoms with E-state index in [1.807, 2.05) is 4.90 Å². The van der Waals surface area contributed by atoms with Gasteiger partial charge in [0, 0.05) is 49.0 Å². The molecule has 35 heavy (non-hydrogen) atoms. The summed E-state index contributed by atoms with van der Waals surface area (Å²) in [4.78, 5) is 20.2. The van der Waals surface area contributed by atoms with Crippen LogP contribution < -0.4 is 15.4 Å². The number of amides is 2. The van der Waals surface area contributed by atoms with Gasteiger partial charge in [-0.2, -0.15) is 13.2 Å². The summed E-state index contributed by atoms with van der Waals surface area (Å²) in [7, 11) is 0. The van der Waals surface area contributed by atoms with Gasteiger partial charge in [0.2, 0.25) is 0 Å². The normalized spacial score (nSPS) is 14.1. The molecule has 8 nitrogen and oxygen atoms in total. The third kappa shape index (κ3) is 5.45. The van der Waals surface area contributed by atoms with Crippen LogP contribution in [-0.4, -0.2) is 53.7 Å². The summed E-state index contributed by atoms with van der Waals surface area (Å²) in [6.07, 6.45) is -2.92. The molecule has 4 rings (SSSR count). The van der Waals surface area contributed by atoms with Gasteiger partial charge in [0.25, 0.3) is 0 Å². The Morgan fingerprint density at radius 1 is 1.23 bits per heavy atom. The fourth-order valence-corrected chi connectivity index (χ4v) is 3.52. The molecule has 0 atom stereocenters. The van der Waals surface area contributed by atoms with Crippen molar-refractivity contribution in [3.63, 3.8) is 0 Å². The van der Waals surface area contributed by atoms with Gasteiger partial charge in [-0.15, -0.1) is 0 Å². The van der Waals surface area contributed by atoms with E-state index < -0.39 is 46.3 Å². The van der Waals surface area contributed by atoms with Gasteiger partial charge in [0.05, 0.1) is 30.7 Å². The molecular formula is C22H20F5N5O3. The van der Waals surface area contributed by atoms with Gasteiger partial charge in [-0.05, 0) is 6.07 Å². The third-order valence-electron chi connectivity index (χ3n) is 5.22. The molecule has 2 amide bonds. The van der Waals surface area contributed by atoms with Crippen molar-refractivity contribution in [1.29, 1.82) is 0 Å². The fourth-order valence-electron chi connectivity index (χ4n) is 3.52. The molecule has 0 unspecified atom stereocenters. The van der Waals surface area contributed by atoms with Crippen molar-refractivity contribution in [3.05, 3.63) is 60.1 Å². The van der Waals surface area contributed by atoms with E-state index in [9.17, 15) is 26.7 Å². The van der Waals surface area contributed by atoms with Gasteiger partial charge >= 0.3 is 12.2 Å². The lowest BCUT2D eigenvalue weighted by atomic mass is 10.2. The molecule has 1 fully saturated rings. The van der Waals surface area contributed by atoms with E-state index >= 15 is 0 Å². The number of hydrogen-bond acceptors (Lipinski definition) is 5. The highest BCUT2D eigenvalue weighted by Crippen LogP contribution is 2.40. The molecule has 3 heterocycles. The molecule has 3 aromatic rings. The number of nitrogens with zero attached hydrogens (tertiary/aromatic N) is 2. The summed E-state index contributed by atoms with van der Waals surface area (Å²) < 4.78 is 79.7. The number of aromatic amines is 1. The zero-order valence-electron chi connectivity index (χ0n) is 18.1. The monoisotopic (exact) mass is 497 g/mol. The number of benzene rings is 1. The first kappa shape index (κ1) is 24.3. The smallest absolute Gasteiger partial charge is 0.418 e. The number of aromatic nitrogens is 2. The van der Waals surface area contributed by atoms with Crippen LogP contribution in [-0.2, 0) is 10.9 Å². The van der Waals surface area contributed by atoms with Gasteiger partial charge in [-0.3, -0.25) is 0 Å². The molecule has 186 valence electrons. The standard InChI is InChI=1S/C22H20F5N5O3/c1-12(32-4-6-34-7-5-32)10-30-21(33)31-13-8-15(23)19(16(24)9-13)35-17-2-3-28-20-18(17)14(11-29-20)22(25,26)27/h2-3,8-9,11H,1,4-7,10H2,(H,28,29)(H2,30,31,33). The number of hydrogen-bond donors (Lipinski definition) is 3. The quantitative estimate of drug-likeness (QED) is 0.433. The predicted octanol–water partition coefficient (Wildman–Crippen LogP) is 4.62. The number of urea groups is 1. The van der Waals surface area contributed by atoms with Gasteiger partial charge in [0.15, 0.2) is 17.4 Å². The Labute approximate surface area is 195 Å². The summed E-state index contributed by atoms with van der Waals surface area (Å²) >= 11 is 0. The molecule has 0 radical (unpaired) electrons. The number of carbonyl (C=O) groups is 1. The zero-order chi connectivity index (χ0) is 25.2. The molecule has 1 aliphatic rings. The van der Waals surface area contributed by atoms with E-state index in [0.717, 1.165) is 24.4 Å². The second kappa shape index (κ2) is 9.78. The second-order valence-electron chi connectivity index (χ2n) is 7.58. The Bertz CT molecular complexity index is 1230. The number of anilines is 1. The number of halogens is 5. The van der Waals surface area contributed by atoms with Crippen LogP contribution in [0, 0.1) is 11.6 Å². The maximum atomic E-state index is 14.6. The molecule has 0 saturated carbocycles. The second-order valence-corrected chi connectivity index (χ2v) is 7.58. The van der Waals surface area contributed by atoms with Crippen molar-refractivity contribution in [3.8, 4) is 11.5 Å². The van der Waals surface area contributed by atoms with Gasteiger partial charge < -0.3 is 30.0 Å². The third-order valence-corrected chi connectivity index (χ3v) is 5.22. The van der Waals surface area contributed by atoms with Crippen molar-refractivity contribution in [1.82, 2.24) is 20.2 Å². The Hall–Kier alpha value is -3.87. The highest BCUT2D eigenvalue weighted by molar-refractivity contribution is 5.89. The Balaban J connectivity index is 1.46. The van der Waals surface area contributed by atoms with E-state index in [0.29, 0.717) is 38.2 Å². The van der Waals surface area contributed by atoms with Crippen LogP contribution in [0.25, 0.3) is 11.0 Å². The molecule has 1 aliphatic heterocycles. The molecular weight excluding hydrogens is 477 g/mol. The van der Waals surface area contributed by atoms with Gasteiger partial charge in [-0.25, -0.2) is 18.6 Å². The van der Waals surface area contributed by atoms with E-state index in [1.54, 1.807) is 0 Å². The summed E-state index contributed by atoms with van der Waals surface area (Å²) in [5, 5.41) is 4.36. The number of alkyl halides is 3. The van der Waals surface area contributed by atoms with Gasteiger partial charge in [-0.1, -0.05) is 6.58 Å². The van der Waals surface area contributed by atoms with Crippen molar-refractivity contribution in [2.75, 3.05) is 38.2 Å². The number of ether oxygens (including phenoxy) is 2. The lowest BCUT2D eigenvalue weighted by molar-refractivity contribution is -0.136. The number of carbonyl (C=O) groups excluding carboxylic acids is 1. The Kier molecular flexibility index (Phi) is 6.78. The summed E-state index contributed by atoms with van der Waals surface area (Å²) in [6.45, 7) is 6.36. The average Bonchev–Trinajstić information content (AvgIpc) is 3.26. The Morgan fingerprint density at radius 3 is 2.57 bits per heavy atom. The molecule has 1 saturated heterocycles. The van der Waals surface area contributed by atoms with Crippen LogP contribution in [0.2, 0.25) is 0 Å². The van der Waals surface area contributed by atoms with Crippen LogP contribution in [0.15, 0.2) is 42.9 Å². The molecule has 3 N–H and O–H groups in total. The van der Waals surface area contributed by atoms with E-state index in [2.05, 4.69) is 27.2 Å². The van der Waals surface area contributed by atoms with Gasteiger partial charge in [0.1, 0.15) is 11.4 Å². The fraction of sp³-hybridized carbons (Fsp3) is 0.273. The van der Waals surface area contributed by atoms with E-state index in [-0.39, 0.29) is 17.9 Å². The summed E-state index contributed by atoms with van der Waals surface area (Å²) in [5.41, 5.74) is -0.829. The maximum absolute atomic E-state index is 14.6. The molecule has 1 aromatic carbocycles. The number of fused-ring (bicyclic) bond motifs is 1.